The zero-order chi connectivity index (χ0) is 21.6. The lowest BCUT2D eigenvalue weighted by atomic mass is 9.64. The van der Waals surface area contributed by atoms with Gasteiger partial charge in [-0.05, 0) is 43.0 Å². The van der Waals surface area contributed by atoms with Gasteiger partial charge in [-0.15, -0.1) is 0 Å². The predicted molar refractivity (Wildman–Crippen MR) is 124 cm³/mol. The highest BCUT2D eigenvalue weighted by molar-refractivity contribution is 5.94. The van der Waals surface area contributed by atoms with Crippen LogP contribution in [0.5, 0.6) is 0 Å². The van der Waals surface area contributed by atoms with Crippen molar-refractivity contribution in [3.8, 4) is 0 Å². The summed E-state index contributed by atoms with van der Waals surface area (Å²) in [5, 5.41) is 15.0. The van der Waals surface area contributed by atoms with Crippen molar-refractivity contribution in [3.63, 3.8) is 0 Å². The number of nitrogens with zero attached hydrogens (tertiary/aromatic N) is 1. The van der Waals surface area contributed by atoms with E-state index in [1.165, 1.54) is 27.7 Å². The van der Waals surface area contributed by atoms with E-state index in [4.69, 9.17) is 9.72 Å². The monoisotopic (exact) mass is 404 g/mol. The van der Waals surface area contributed by atoms with Crippen molar-refractivity contribution in [1.82, 2.24) is 10.3 Å². The third kappa shape index (κ3) is 3.05. The van der Waals surface area contributed by atoms with Crippen molar-refractivity contribution in [3.05, 3.63) is 70.6 Å². The lowest BCUT2D eigenvalue weighted by Crippen LogP contribution is -2.44. The van der Waals surface area contributed by atoms with Crippen LogP contribution in [-0.2, 0) is 10.2 Å². The number of hydrogen-bond donors (Lipinski definition) is 2. The van der Waals surface area contributed by atoms with Crippen LogP contribution in [0.2, 0.25) is 0 Å². The minimum Gasteiger partial charge on any atom is -0.513 e. The second-order valence-corrected chi connectivity index (χ2v) is 9.00. The maximum Gasteiger partial charge on any atom is 0.0871 e. The Labute approximate surface area is 179 Å². The van der Waals surface area contributed by atoms with Gasteiger partial charge < -0.3 is 15.2 Å². The Kier molecular flexibility index (Phi) is 5.23. The Morgan fingerprint density at radius 1 is 1.33 bits per heavy atom. The number of nitrogens with one attached hydrogen (secondary N) is 1. The summed E-state index contributed by atoms with van der Waals surface area (Å²) >= 11 is 0. The summed E-state index contributed by atoms with van der Waals surface area (Å²) < 4.78 is 5.43. The number of rotatable bonds is 5. The van der Waals surface area contributed by atoms with Gasteiger partial charge in [0.1, 0.15) is 0 Å². The number of aliphatic hydroxyl groups excluding tert-OH is 1. The number of hydrogen-bond acceptors (Lipinski definition) is 4. The highest BCUT2D eigenvalue weighted by Gasteiger charge is 2.44. The molecule has 2 aromatic rings. The van der Waals surface area contributed by atoms with E-state index in [0.717, 1.165) is 23.3 Å². The molecular weight excluding hydrogens is 372 g/mol. The molecular formula is C26H32N2O2. The van der Waals surface area contributed by atoms with E-state index >= 15 is 0 Å². The SMILES string of the molecule is C=C(O)CC1NC2=C(C)/C(=C\C)C(C)(C)c3c2c(nc2ccccc32)C1CCOC. The third-order valence-electron chi connectivity index (χ3n) is 6.79. The first-order valence-electron chi connectivity index (χ1n) is 10.7. The summed E-state index contributed by atoms with van der Waals surface area (Å²) in [6, 6.07) is 8.48. The van der Waals surface area contributed by atoms with E-state index in [0.29, 0.717) is 13.0 Å². The van der Waals surface area contributed by atoms with Gasteiger partial charge in [0, 0.05) is 54.2 Å². The van der Waals surface area contributed by atoms with Crippen LogP contribution in [0.1, 0.15) is 63.3 Å². The number of fused-ring (bicyclic) bond motifs is 2. The van der Waals surface area contributed by atoms with Crippen LogP contribution in [0.25, 0.3) is 16.6 Å². The van der Waals surface area contributed by atoms with Gasteiger partial charge in [-0.2, -0.15) is 0 Å². The second kappa shape index (κ2) is 7.59. The normalized spacial score (nSPS) is 23.4. The van der Waals surface area contributed by atoms with E-state index in [-0.39, 0.29) is 23.1 Å². The Balaban J connectivity index is 2.09. The Hall–Kier alpha value is -2.59. The summed E-state index contributed by atoms with van der Waals surface area (Å²) in [7, 11) is 1.73. The van der Waals surface area contributed by atoms with Gasteiger partial charge in [-0.25, -0.2) is 0 Å². The summed E-state index contributed by atoms with van der Waals surface area (Å²) in [6.07, 6.45) is 3.56. The van der Waals surface area contributed by atoms with Crippen LogP contribution < -0.4 is 5.32 Å². The van der Waals surface area contributed by atoms with Crippen LogP contribution >= 0.6 is 0 Å². The maximum absolute atomic E-state index is 10.0. The molecule has 2 unspecified atom stereocenters. The molecule has 2 atom stereocenters. The molecule has 0 bridgehead atoms. The van der Waals surface area contributed by atoms with Gasteiger partial charge in [0.05, 0.1) is 17.0 Å². The van der Waals surface area contributed by atoms with Crippen molar-refractivity contribution < 1.29 is 9.84 Å². The topological polar surface area (TPSA) is 54.4 Å². The first-order chi connectivity index (χ1) is 14.3. The largest absolute Gasteiger partial charge is 0.513 e. The Morgan fingerprint density at radius 3 is 2.73 bits per heavy atom. The van der Waals surface area contributed by atoms with E-state index in [1.54, 1.807) is 7.11 Å². The zero-order valence-electron chi connectivity index (χ0n) is 18.7. The molecule has 2 N–H and O–H groups in total. The molecule has 4 nitrogen and oxygen atoms in total. The van der Waals surface area contributed by atoms with Gasteiger partial charge in [-0.1, -0.05) is 44.7 Å². The van der Waals surface area contributed by atoms with E-state index in [2.05, 4.69) is 69.9 Å². The Bertz CT molecular complexity index is 1080. The lowest BCUT2D eigenvalue weighted by Gasteiger charge is -2.45. The summed E-state index contributed by atoms with van der Waals surface area (Å²) in [6.45, 7) is 13.4. The first-order valence-corrected chi connectivity index (χ1v) is 10.7. The predicted octanol–water partition coefficient (Wildman–Crippen LogP) is 5.76. The van der Waals surface area contributed by atoms with Crippen molar-refractivity contribution in [2.24, 2.45) is 0 Å². The summed E-state index contributed by atoms with van der Waals surface area (Å²) in [5.41, 5.74) is 8.32. The fourth-order valence-electron chi connectivity index (χ4n) is 5.59. The number of pyridine rings is 1. The summed E-state index contributed by atoms with van der Waals surface area (Å²) in [4.78, 5) is 5.19. The first kappa shape index (κ1) is 20.7. The van der Waals surface area contributed by atoms with Gasteiger partial charge >= 0.3 is 0 Å². The second-order valence-electron chi connectivity index (χ2n) is 9.00. The van der Waals surface area contributed by atoms with E-state index in [9.17, 15) is 5.11 Å². The van der Waals surface area contributed by atoms with Crippen LogP contribution in [0.15, 0.2) is 53.8 Å². The van der Waals surface area contributed by atoms with Crippen molar-refractivity contribution in [2.45, 2.75) is 57.9 Å². The average Bonchev–Trinajstić information content (AvgIpc) is 2.69. The smallest absolute Gasteiger partial charge is 0.0871 e. The van der Waals surface area contributed by atoms with E-state index < -0.39 is 0 Å². The minimum absolute atomic E-state index is 0.0240. The molecule has 0 saturated heterocycles. The quantitative estimate of drug-likeness (QED) is 0.622. The number of methoxy groups -OCH3 is 1. The molecule has 0 saturated carbocycles. The standard InChI is InChI=1S/C26H32N2O2/c1-7-19-16(3)24-22-23(26(19,4)5)17-10-8-9-11-20(17)27-25(22)18(12-13-30-6)21(28-24)14-15(2)29/h7-11,18,21,28-29H,2,12-14H2,1,3-6H3/b19-7+. The molecule has 1 aliphatic heterocycles. The van der Waals surface area contributed by atoms with E-state index in [1.807, 2.05) is 0 Å². The maximum atomic E-state index is 10.0. The van der Waals surface area contributed by atoms with Crippen LogP contribution in [0, 0.1) is 0 Å². The molecule has 1 aromatic carbocycles. The molecule has 2 aliphatic rings. The van der Waals surface area contributed by atoms with Crippen molar-refractivity contribution in [2.75, 3.05) is 13.7 Å². The van der Waals surface area contributed by atoms with Crippen LogP contribution in [0.3, 0.4) is 0 Å². The molecule has 4 rings (SSSR count). The van der Waals surface area contributed by atoms with Crippen LogP contribution in [0.4, 0.5) is 0 Å². The van der Waals surface area contributed by atoms with Gasteiger partial charge in [0.15, 0.2) is 0 Å². The molecule has 1 aromatic heterocycles. The highest BCUT2D eigenvalue weighted by Crippen LogP contribution is 2.52. The van der Waals surface area contributed by atoms with Gasteiger partial charge in [0.25, 0.3) is 0 Å². The number of benzene rings is 1. The molecule has 0 spiro atoms. The average molecular weight is 405 g/mol. The van der Waals surface area contributed by atoms with Gasteiger partial charge in [-0.3, -0.25) is 4.98 Å². The highest BCUT2D eigenvalue weighted by atomic mass is 16.5. The Morgan fingerprint density at radius 2 is 2.07 bits per heavy atom. The number of aromatic nitrogens is 1. The fourth-order valence-corrected chi connectivity index (χ4v) is 5.59. The van der Waals surface area contributed by atoms with Crippen molar-refractivity contribution >= 4 is 16.6 Å². The minimum atomic E-state index is -0.129. The molecule has 0 radical (unpaired) electrons. The molecule has 0 amide bonds. The fraction of sp³-hybridized carbons (Fsp3) is 0.423. The summed E-state index contributed by atoms with van der Waals surface area (Å²) in [5.74, 6) is 0.326. The number of aliphatic hydroxyl groups is 1. The molecule has 158 valence electrons. The zero-order valence-corrected chi connectivity index (χ0v) is 18.7. The molecule has 0 fully saturated rings. The number of ether oxygens (including phenoxy) is 1. The molecule has 30 heavy (non-hydrogen) atoms. The van der Waals surface area contributed by atoms with Gasteiger partial charge in [0.2, 0.25) is 0 Å². The number of para-hydroxylation sites is 1. The van der Waals surface area contributed by atoms with Crippen molar-refractivity contribution in [1.29, 1.82) is 0 Å². The third-order valence-corrected chi connectivity index (χ3v) is 6.79. The lowest BCUT2D eigenvalue weighted by molar-refractivity contribution is 0.179. The van der Waals surface area contributed by atoms with Crippen LogP contribution in [-0.4, -0.2) is 29.8 Å². The molecule has 2 heterocycles. The molecule has 4 heteroatoms. The molecule has 1 aliphatic carbocycles. The number of allylic oxidation sites excluding steroid dienone is 3.